The standard InChI is InChI=1S/C30H39ClN4O4S/c31-24-9-11-26(12-10-24)40(37,38)35-27(23-6-5-17-32-22-23)7-4-8-28(35)30(15-16-30)39-29(36)34-20-13-25(14-21-34)33-18-2-1-3-19-33/h5-6,9-12,17,22,25,27-28H,1-4,7-8,13-16,18-21H2/t27-,28+/m0/s1. The highest BCUT2D eigenvalue weighted by Crippen LogP contribution is 2.52. The molecule has 0 radical (unpaired) electrons. The topological polar surface area (TPSA) is 83.0 Å². The summed E-state index contributed by atoms with van der Waals surface area (Å²) in [5.74, 6) is 0. The molecule has 0 spiro atoms. The van der Waals surface area contributed by atoms with Gasteiger partial charge in [0, 0.05) is 36.5 Å². The molecule has 8 nitrogen and oxygen atoms in total. The lowest BCUT2D eigenvalue weighted by Crippen LogP contribution is -2.55. The minimum atomic E-state index is -3.91. The van der Waals surface area contributed by atoms with Crippen molar-refractivity contribution in [3.05, 3.63) is 59.4 Å². The van der Waals surface area contributed by atoms with Gasteiger partial charge in [0.25, 0.3) is 0 Å². The van der Waals surface area contributed by atoms with Crippen LogP contribution in [0.3, 0.4) is 0 Å². The highest BCUT2D eigenvalue weighted by molar-refractivity contribution is 7.89. The molecule has 1 amide bonds. The molecule has 40 heavy (non-hydrogen) atoms. The van der Waals surface area contributed by atoms with E-state index in [0.29, 0.717) is 49.8 Å². The predicted molar refractivity (Wildman–Crippen MR) is 154 cm³/mol. The smallest absolute Gasteiger partial charge is 0.410 e. The van der Waals surface area contributed by atoms with Gasteiger partial charge >= 0.3 is 6.09 Å². The summed E-state index contributed by atoms with van der Waals surface area (Å²) in [6, 6.07) is 9.81. The number of carbonyl (C=O) groups is 1. The predicted octanol–water partition coefficient (Wildman–Crippen LogP) is 5.64. The molecular weight excluding hydrogens is 548 g/mol. The Morgan fingerprint density at radius 2 is 1.65 bits per heavy atom. The molecule has 10 heteroatoms. The number of pyridine rings is 1. The second-order valence-electron chi connectivity index (χ2n) is 11.8. The second kappa shape index (κ2) is 11.6. The van der Waals surface area contributed by atoms with Crippen LogP contribution in [0.1, 0.15) is 75.8 Å². The number of rotatable bonds is 6. The summed E-state index contributed by atoms with van der Waals surface area (Å²) < 4.78 is 36.4. The van der Waals surface area contributed by atoms with E-state index in [1.807, 2.05) is 17.0 Å². The Kier molecular flexibility index (Phi) is 8.09. The quantitative estimate of drug-likeness (QED) is 0.436. The van der Waals surface area contributed by atoms with E-state index < -0.39 is 21.7 Å². The molecule has 2 atom stereocenters. The number of carbonyl (C=O) groups excluding carboxylic acids is 1. The fraction of sp³-hybridized carbons (Fsp3) is 0.600. The van der Waals surface area contributed by atoms with Gasteiger partial charge in [-0.15, -0.1) is 0 Å². The van der Waals surface area contributed by atoms with Gasteiger partial charge in [0.2, 0.25) is 10.0 Å². The number of ether oxygens (including phenoxy) is 1. The van der Waals surface area contributed by atoms with E-state index in [4.69, 9.17) is 16.3 Å². The zero-order valence-corrected chi connectivity index (χ0v) is 24.5. The summed E-state index contributed by atoms with van der Waals surface area (Å²) in [7, 11) is -3.91. The Labute approximate surface area is 242 Å². The summed E-state index contributed by atoms with van der Waals surface area (Å²) in [6.07, 6.45) is 12.4. The Morgan fingerprint density at radius 1 is 0.925 bits per heavy atom. The Morgan fingerprint density at radius 3 is 2.30 bits per heavy atom. The third kappa shape index (κ3) is 5.62. The largest absolute Gasteiger partial charge is 0.441 e. The third-order valence-corrected chi connectivity index (χ3v) is 11.5. The number of hydrogen-bond donors (Lipinski definition) is 0. The van der Waals surface area contributed by atoms with Crippen molar-refractivity contribution in [1.82, 2.24) is 19.1 Å². The molecule has 4 aliphatic rings. The minimum absolute atomic E-state index is 0.194. The molecule has 1 aliphatic carbocycles. The molecule has 3 saturated heterocycles. The van der Waals surface area contributed by atoms with Crippen molar-refractivity contribution in [2.45, 2.75) is 92.8 Å². The van der Waals surface area contributed by atoms with Crippen LogP contribution in [0.2, 0.25) is 5.02 Å². The van der Waals surface area contributed by atoms with Gasteiger partial charge in [0.05, 0.1) is 17.0 Å². The van der Waals surface area contributed by atoms with Crippen LogP contribution in [-0.2, 0) is 14.8 Å². The zero-order valence-electron chi connectivity index (χ0n) is 23.0. The monoisotopic (exact) mass is 586 g/mol. The molecule has 0 unspecified atom stereocenters. The van der Waals surface area contributed by atoms with Gasteiger partial charge in [-0.3, -0.25) is 4.98 Å². The van der Waals surface area contributed by atoms with Crippen molar-refractivity contribution in [1.29, 1.82) is 0 Å². The number of hydrogen-bond acceptors (Lipinski definition) is 6. The van der Waals surface area contributed by atoms with E-state index >= 15 is 0 Å². The summed E-state index contributed by atoms with van der Waals surface area (Å²) in [6.45, 7) is 3.70. The van der Waals surface area contributed by atoms with Gasteiger partial charge in [-0.2, -0.15) is 4.31 Å². The number of nitrogens with zero attached hydrogens (tertiary/aromatic N) is 4. The van der Waals surface area contributed by atoms with Gasteiger partial charge in [-0.1, -0.05) is 24.1 Å². The number of amides is 1. The Hall–Kier alpha value is -2.20. The first-order valence-electron chi connectivity index (χ1n) is 14.8. The van der Waals surface area contributed by atoms with Crippen LogP contribution in [0.25, 0.3) is 0 Å². The van der Waals surface area contributed by atoms with Crippen molar-refractivity contribution >= 4 is 27.7 Å². The van der Waals surface area contributed by atoms with Crippen LogP contribution >= 0.6 is 11.6 Å². The molecule has 1 aromatic carbocycles. The number of halogens is 1. The molecule has 1 saturated carbocycles. The molecule has 6 rings (SSSR count). The second-order valence-corrected chi connectivity index (χ2v) is 14.1. The molecule has 4 fully saturated rings. The third-order valence-electron chi connectivity index (χ3n) is 9.30. The van der Waals surface area contributed by atoms with Gasteiger partial charge in [0.15, 0.2) is 0 Å². The molecule has 1 aromatic heterocycles. The van der Waals surface area contributed by atoms with Crippen LogP contribution in [-0.4, -0.2) is 77.5 Å². The summed E-state index contributed by atoms with van der Waals surface area (Å²) in [5.41, 5.74) is 0.0490. The Balaban J connectivity index is 1.22. The highest BCUT2D eigenvalue weighted by Gasteiger charge is 2.60. The molecular formula is C30H39ClN4O4S. The van der Waals surface area contributed by atoms with E-state index in [-0.39, 0.29) is 17.0 Å². The van der Waals surface area contributed by atoms with Crippen LogP contribution in [0.15, 0.2) is 53.7 Å². The first-order valence-corrected chi connectivity index (χ1v) is 16.6. The van der Waals surface area contributed by atoms with Crippen molar-refractivity contribution in [2.75, 3.05) is 26.2 Å². The van der Waals surface area contributed by atoms with E-state index in [0.717, 1.165) is 37.9 Å². The van der Waals surface area contributed by atoms with Gasteiger partial charge in [-0.05, 0) is 107 Å². The van der Waals surface area contributed by atoms with Crippen molar-refractivity contribution in [3.8, 4) is 0 Å². The molecule has 216 valence electrons. The first kappa shape index (κ1) is 27.9. The van der Waals surface area contributed by atoms with E-state index in [1.165, 1.54) is 19.3 Å². The average molecular weight is 587 g/mol. The molecule has 2 aromatic rings. The normalized spacial score (nSPS) is 26.4. The molecule has 3 aliphatic heterocycles. The maximum absolute atomic E-state index is 14.2. The first-order chi connectivity index (χ1) is 19.4. The number of piperidine rings is 3. The fourth-order valence-electron chi connectivity index (χ4n) is 6.98. The minimum Gasteiger partial charge on any atom is -0.441 e. The van der Waals surface area contributed by atoms with E-state index in [2.05, 4.69) is 9.88 Å². The molecule has 0 N–H and O–H groups in total. The Bertz CT molecular complexity index is 1270. The lowest BCUT2D eigenvalue weighted by molar-refractivity contribution is -0.0144. The number of aromatic nitrogens is 1. The number of likely N-dealkylation sites (tertiary alicyclic amines) is 2. The fourth-order valence-corrected chi connectivity index (χ4v) is 9.03. The van der Waals surface area contributed by atoms with Crippen LogP contribution in [0.4, 0.5) is 4.79 Å². The summed E-state index contributed by atoms with van der Waals surface area (Å²) >= 11 is 6.09. The highest BCUT2D eigenvalue weighted by atomic mass is 35.5. The lowest BCUT2D eigenvalue weighted by atomic mass is 9.90. The molecule has 0 bridgehead atoms. The maximum atomic E-state index is 14.2. The lowest BCUT2D eigenvalue weighted by Gasteiger charge is -2.45. The van der Waals surface area contributed by atoms with Gasteiger partial charge in [0.1, 0.15) is 5.60 Å². The van der Waals surface area contributed by atoms with Crippen LogP contribution < -0.4 is 0 Å². The van der Waals surface area contributed by atoms with E-state index in [1.54, 1.807) is 41.0 Å². The van der Waals surface area contributed by atoms with Gasteiger partial charge < -0.3 is 14.5 Å². The van der Waals surface area contributed by atoms with E-state index in [9.17, 15) is 13.2 Å². The van der Waals surface area contributed by atoms with Crippen molar-refractivity contribution in [2.24, 2.45) is 0 Å². The zero-order chi connectivity index (χ0) is 27.7. The SMILES string of the molecule is O=C(OC1([C@H]2CCC[C@@H](c3cccnc3)N2S(=O)(=O)c2ccc(Cl)cc2)CC1)N1CCC(N2CCCCC2)CC1. The van der Waals surface area contributed by atoms with Crippen LogP contribution in [0, 0.1) is 0 Å². The maximum Gasteiger partial charge on any atom is 0.410 e. The van der Waals surface area contributed by atoms with Gasteiger partial charge in [-0.25, -0.2) is 13.2 Å². The van der Waals surface area contributed by atoms with Crippen molar-refractivity contribution in [3.63, 3.8) is 0 Å². The number of sulfonamides is 1. The average Bonchev–Trinajstić information content (AvgIpc) is 3.78. The summed E-state index contributed by atoms with van der Waals surface area (Å²) in [5, 5.41) is 0.481. The summed E-state index contributed by atoms with van der Waals surface area (Å²) in [4.78, 5) is 22.4. The van der Waals surface area contributed by atoms with Crippen LogP contribution in [0.5, 0.6) is 0 Å². The van der Waals surface area contributed by atoms with Crippen molar-refractivity contribution < 1.29 is 17.9 Å². The number of benzene rings is 1. The molecule has 4 heterocycles.